The Hall–Kier alpha value is -4.08. The van der Waals surface area contributed by atoms with Gasteiger partial charge < -0.3 is 10.1 Å². The van der Waals surface area contributed by atoms with Gasteiger partial charge in [-0.2, -0.15) is 9.49 Å². The van der Waals surface area contributed by atoms with E-state index in [4.69, 9.17) is 4.74 Å². The lowest BCUT2D eigenvalue weighted by Gasteiger charge is -2.09. The number of rotatable bonds is 6. The fourth-order valence-corrected chi connectivity index (χ4v) is 2.57. The maximum Gasteiger partial charge on any atom is 0.306 e. The first-order valence-corrected chi connectivity index (χ1v) is 8.34. The lowest BCUT2D eigenvalue weighted by atomic mass is 10.1. The third kappa shape index (κ3) is 4.61. The highest BCUT2D eigenvalue weighted by atomic mass is 19.1. The molecule has 0 unspecified atom stereocenters. The largest absolute Gasteiger partial charge is 0.497 e. The fraction of sp³-hybridized carbons (Fsp3) is 0.105. The quantitative estimate of drug-likeness (QED) is 0.504. The average Bonchev–Trinajstić information content (AvgIpc) is 2.71. The lowest BCUT2D eigenvalue weighted by Crippen LogP contribution is -2.29. The first-order valence-electron chi connectivity index (χ1n) is 8.34. The number of hydrogen-bond acceptors (Lipinski definition) is 6. The highest BCUT2D eigenvalue weighted by Gasteiger charge is 2.16. The van der Waals surface area contributed by atoms with Crippen LogP contribution < -0.4 is 15.6 Å². The van der Waals surface area contributed by atoms with Crippen LogP contribution in [0.3, 0.4) is 0 Å². The van der Waals surface area contributed by atoms with E-state index in [2.05, 4.69) is 10.4 Å². The van der Waals surface area contributed by atoms with Crippen molar-refractivity contribution >= 4 is 17.3 Å². The molecule has 29 heavy (non-hydrogen) atoms. The van der Waals surface area contributed by atoms with Crippen LogP contribution in [0.1, 0.15) is 0 Å². The van der Waals surface area contributed by atoms with E-state index in [0.29, 0.717) is 17.0 Å². The van der Waals surface area contributed by atoms with Crippen LogP contribution >= 0.6 is 0 Å². The van der Waals surface area contributed by atoms with E-state index < -0.39 is 34.4 Å². The molecular weight excluding hydrogens is 383 g/mol. The molecule has 0 spiro atoms. The minimum absolute atomic E-state index is 0.0279. The van der Waals surface area contributed by atoms with Crippen molar-refractivity contribution in [1.29, 1.82) is 0 Å². The molecule has 0 radical (unpaired) electrons. The van der Waals surface area contributed by atoms with Crippen LogP contribution in [-0.2, 0) is 11.3 Å². The molecule has 148 valence electrons. The highest BCUT2D eigenvalue weighted by molar-refractivity contribution is 5.90. The Balaban J connectivity index is 1.81. The first kappa shape index (κ1) is 19.7. The van der Waals surface area contributed by atoms with E-state index in [9.17, 15) is 24.1 Å². The van der Waals surface area contributed by atoms with Crippen molar-refractivity contribution < 1.29 is 18.8 Å². The van der Waals surface area contributed by atoms with Gasteiger partial charge in [0.2, 0.25) is 11.7 Å². The molecule has 0 bridgehead atoms. The van der Waals surface area contributed by atoms with Gasteiger partial charge in [0.1, 0.15) is 12.3 Å². The third-order valence-corrected chi connectivity index (χ3v) is 3.95. The molecule has 10 heteroatoms. The van der Waals surface area contributed by atoms with Gasteiger partial charge in [-0.25, -0.2) is 4.68 Å². The number of nitro groups is 1. The molecule has 1 amide bonds. The van der Waals surface area contributed by atoms with E-state index in [0.717, 1.165) is 16.8 Å². The Morgan fingerprint density at radius 2 is 2.03 bits per heavy atom. The summed E-state index contributed by atoms with van der Waals surface area (Å²) in [5, 5.41) is 17.4. The van der Waals surface area contributed by atoms with Gasteiger partial charge in [-0.15, -0.1) is 0 Å². The Morgan fingerprint density at radius 3 is 2.76 bits per heavy atom. The van der Waals surface area contributed by atoms with Crippen LogP contribution in [-0.4, -0.2) is 27.7 Å². The standard InChI is InChI=1S/C19H15FN4O5/c1-29-14-4-2-3-12(9-14)16-7-8-19(26)23(22-16)11-18(25)21-13-5-6-15(20)17(10-13)24(27)28/h2-10H,11H2,1H3,(H,21,25). The lowest BCUT2D eigenvalue weighted by molar-refractivity contribution is -0.387. The number of ether oxygens (including phenoxy) is 1. The molecule has 0 aliphatic heterocycles. The number of nitro benzene ring substituents is 1. The summed E-state index contributed by atoms with van der Waals surface area (Å²) in [5.74, 6) is -1.06. The Bertz CT molecular complexity index is 1150. The number of anilines is 1. The molecule has 1 aromatic heterocycles. The van der Waals surface area contributed by atoms with E-state index >= 15 is 0 Å². The molecule has 9 nitrogen and oxygen atoms in total. The van der Waals surface area contributed by atoms with Gasteiger partial charge in [-0.3, -0.25) is 19.7 Å². The topological polar surface area (TPSA) is 116 Å². The smallest absolute Gasteiger partial charge is 0.306 e. The van der Waals surface area contributed by atoms with Crippen molar-refractivity contribution in [1.82, 2.24) is 9.78 Å². The molecule has 1 N–H and O–H groups in total. The second kappa shape index (κ2) is 8.30. The SMILES string of the molecule is COc1cccc(-c2ccc(=O)n(CC(=O)Nc3ccc(F)c([N+](=O)[O-])c3)n2)c1. The van der Waals surface area contributed by atoms with E-state index in [1.165, 1.54) is 25.3 Å². The molecule has 0 saturated heterocycles. The maximum absolute atomic E-state index is 13.4. The molecule has 3 aromatic rings. The number of halogens is 1. The van der Waals surface area contributed by atoms with Crippen molar-refractivity contribution in [3.05, 3.63) is 80.9 Å². The number of amides is 1. The van der Waals surface area contributed by atoms with E-state index in [1.54, 1.807) is 24.3 Å². The molecule has 1 heterocycles. The van der Waals surface area contributed by atoms with Crippen LogP contribution in [0.4, 0.5) is 15.8 Å². The molecule has 0 saturated carbocycles. The van der Waals surface area contributed by atoms with Crippen molar-refractivity contribution in [3.8, 4) is 17.0 Å². The van der Waals surface area contributed by atoms with Crippen molar-refractivity contribution in [2.24, 2.45) is 0 Å². The summed E-state index contributed by atoms with van der Waals surface area (Å²) < 4.78 is 19.5. The molecule has 3 rings (SSSR count). The summed E-state index contributed by atoms with van der Waals surface area (Å²) in [5.41, 5.74) is -0.100. The average molecular weight is 398 g/mol. The van der Waals surface area contributed by atoms with Crippen LogP contribution in [0.5, 0.6) is 5.75 Å². The summed E-state index contributed by atoms with van der Waals surface area (Å²) in [6.07, 6.45) is 0. The van der Waals surface area contributed by atoms with Gasteiger partial charge in [-0.05, 0) is 30.3 Å². The number of nitrogens with one attached hydrogen (secondary N) is 1. The van der Waals surface area contributed by atoms with Crippen LogP contribution in [0.15, 0.2) is 59.4 Å². The fourth-order valence-electron chi connectivity index (χ4n) is 2.57. The Labute approximate surface area is 163 Å². The number of hydrogen-bond donors (Lipinski definition) is 1. The zero-order chi connectivity index (χ0) is 21.0. The normalized spacial score (nSPS) is 10.4. The maximum atomic E-state index is 13.4. The predicted molar refractivity (Wildman–Crippen MR) is 102 cm³/mol. The minimum Gasteiger partial charge on any atom is -0.497 e. The number of carbonyl (C=O) groups excluding carboxylic acids is 1. The van der Waals surface area contributed by atoms with Gasteiger partial charge in [-0.1, -0.05) is 12.1 Å². The third-order valence-electron chi connectivity index (χ3n) is 3.95. The van der Waals surface area contributed by atoms with E-state index in [-0.39, 0.29) is 5.69 Å². The summed E-state index contributed by atoms with van der Waals surface area (Å²) in [6, 6.07) is 12.8. The van der Waals surface area contributed by atoms with Gasteiger partial charge in [0.05, 0.1) is 17.7 Å². The number of aromatic nitrogens is 2. The summed E-state index contributed by atoms with van der Waals surface area (Å²) >= 11 is 0. The van der Waals surface area contributed by atoms with Gasteiger partial charge in [0.15, 0.2) is 0 Å². The number of carbonyl (C=O) groups is 1. The minimum atomic E-state index is -1.02. The monoisotopic (exact) mass is 398 g/mol. The molecule has 0 fully saturated rings. The molecule has 0 aliphatic carbocycles. The van der Waals surface area contributed by atoms with Crippen LogP contribution in [0.25, 0.3) is 11.3 Å². The summed E-state index contributed by atoms with van der Waals surface area (Å²) in [4.78, 5) is 34.2. The zero-order valence-electron chi connectivity index (χ0n) is 15.2. The molecule has 2 aromatic carbocycles. The second-order valence-electron chi connectivity index (χ2n) is 5.92. The number of methoxy groups -OCH3 is 1. The van der Waals surface area contributed by atoms with Crippen molar-refractivity contribution in [2.45, 2.75) is 6.54 Å². The second-order valence-corrected chi connectivity index (χ2v) is 5.92. The van der Waals surface area contributed by atoms with Crippen LogP contribution in [0, 0.1) is 15.9 Å². The zero-order valence-corrected chi connectivity index (χ0v) is 15.2. The molecule has 0 atom stereocenters. The Morgan fingerprint density at radius 1 is 1.24 bits per heavy atom. The Kier molecular flexibility index (Phi) is 5.63. The van der Waals surface area contributed by atoms with Crippen LogP contribution in [0.2, 0.25) is 0 Å². The van der Waals surface area contributed by atoms with Gasteiger partial charge in [0, 0.05) is 23.4 Å². The number of nitrogens with zero attached hydrogens (tertiary/aromatic N) is 3. The molecule has 0 aliphatic rings. The number of benzene rings is 2. The predicted octanol–water partition coefficient (Wildman–Crippen LogP) is 2.60. The summed E-state index contributed by atoms with van der Waals surface area (Å²) in [7, 11) is 1.53. The highest BCUT2D eigenvalue weighted by Crippen LogP contribution is 2.22. The summed E-state index contributed by atoms with van der Waals surface area (Å²) in [6.45, 7) is -0.429. The van der Waals surface area contributed by atoms with Gasteiger partial charge in [0.25, 0.3) is 5.56 Å². The molecular formula is C19H15FN4O5. The van der Waals surface area contributed by atoms with Crippen molar-refractivity contribution in [2.75, 3.05) is 12.4 Å². The first-order chi connectivity index (χ1) is 13.9. The van der Waals surface area contributed by atoms with E-state index in [1.807, 2.05) is 0 Å². The van der Waals surface area contributed by atoms with Crippen molar-refractivity contribution in [3.63, 3.8) is 0 Å². The van der Waals surface area contributed by atoms with Gasteiger partial charge >= 0.3 is 5.69 Å².